The molecule has 130 valence electrons. The van der Waals surface area contributed by atoms with E-state index in [2.05, 4.69) is 31.4 Å². The highest BCUT2D eigenvalue weighted by Gasteiger charge is 2.49. The number of pyridine rings is 1. The van der Waals surface area contributed by atoms with Gasteiger partial charge in [-0.3, -0.25) is 4.79 Å². The molecule has 2 fully saturated rings. The molecular formula is C20H24N4O. The summed E-state index contributed by atoms with van der Waals surface area (Å²) in [6.45, 7) is 11.4. The molecule has 1 aromatic rings. The molecule has 0 aromatic carbocycles. The van der Waals surface area contributed by atoms with Crippen LogP contribution in [0.2, 0.25) is 0 Å². The van der Waals surface area contributed by atoms with Crippen LogP contribution in [0.15, 0.2) is 18.7 Å². The average molecular weight is 336 g/mol. The number of rotatable bonds is 2. The van der Waals surface area contributed by atoms with Gasteiger partial charge in [-0.1, -0.05) is 20.4 Å². The van der Waals surface area contributed by atoms with Gasteiger partial charge in [-0.15, -0.1) is 0 Å². The number of hydrogen-bond donors (Lipinski definition) is 0. The van der Waals surface area contributed by atoms with Crippen LogP contribution in [0.25, 0.3) is 0 Å². The van der Waals surface area contributed by atoms with Crippen molar-refractivity contribution in [2.75, 3.05) is 31.1 Å². The van der Waals surface area contributed by atoms with E-state index >= 15 is 0 Å². The highest BCUT2D eigenvalue weighted by Crippen LogP contribution is 2.43. The van der Waals surface area contributed by atoms with E-state index in [0.717, 1.165) is 57.0 Å². The van der Waals surface area contributed by atoms with Crippen LogP contribution in [-0.2, 0) is 17.6 Å². The Balaban J connectivity index is 1.55. The number of fused-ring (bicyclic) bond motifs is 1. The van der Waals surface area contributed by atoms with E-state index < -0.39 is 0 Å². The lowest BCUT2D eigenvalue weighted by Crippen LogP contribution is -2.59. The van der Waals surface area contributed by atoms with Crippen molar-refractivity contribution in [3.63, 3.8) is 0 Å². The first kappa shape index (κ1) is 16.1. The zero-order chi connectivity index (χ0) is 17.8. The van der Waals surface area contributed by atoms with E-state index in [1.54, 1.807) is 0 Å². The van der Waals surface area contributed by atoms with Crippen molar-refractivity contribution in [3.05, 3.63) is 35.5 Å². The minimum atomic E-state index is 0.0136. The highest BCUT2D eigenvalue weighted by atomic mass is 16.2. The second-order valence-corrected chi connectivity index (χ2v) is 8.66. The second kappa shape index (κ2) is 5.32. The number of amides is 1. The Bertz CT molecular complexity index is 799. The fraction of sp³-hybridized carbons (Fsp3) is 0.550. The van der Waals surface area contributed by atoms with Crippen LogP contribution in [0, 0.1) is 22.2 Å². The summed E-state index contributed by atoms with van der Waals surface area (Å²) < 4.78 is 0. The van der Waals surface area contributed by atoms with Gasteiger partial charge in [0.2, 0.25) is 5.91 Å². The normalized spacial score (nSPS) is 22.4. The highest BCUT2D eigenvalue weighted by molar-refractivity contribution is 5.87. The predicted octanol–water partition coefficient (Wildman–Crippen LogP) is 2.30. The molecule has 1 amide bonds. The SMILES string of the molecule is C=CC(=O)N1CC2(CCN(c3nc4c(cc3C#N)CC(C)(C)C4)C2)C1. The molecule has 5 heteroatoms. The van der Waals surface area contributed by atoms with Gasteiger partial charge in [0, 0.05) is 37.3 Å². The summed E-state index contributed by atoms with van der Waals surface area (Å²) in [5.74, 6) is 0.851. The van der Waals surface area contributed by atoms with Gasteiger partial charge in [-0.25, -0.2) is 4.98 Å². The Kier molecular flexibility index (Phi) is 3.44. The van der Waals surface area contributed by atoms with Crippen LogP contribution in [0.1, 0.15) is 37.1 Å². The topological polar surface area (TPSA) is 60.2 Å². The van der Waals surface area contributed by atoms with Gasteiger partial charge < -0.3 is 9.80 Å². The van der Waals surface area contributed by atoms with Gasteiger partial charge >= 0.3 is 0 Å². The lowest BCUT2D eigenvalue weighted by atomic mass is 9.79. The monoisotopic (exact) mass is 336 g/mol. The van der Waals surface area contributed by atoms with E-state index in [4.69, 9.17) is 4.98 Å². The van der Waals surface area contributed by atoms with Crippen molar-refractivity contribution in [1.29, 1.82) is 5.26 Å². The molecule has 3 aliphatic rings. The lowest BCUT2D eigenvalue weighted by Gasteiger charge is -2.47. The van der Waals surface area contributed by atoms with Gasteiger partial charge in [0.15, 0.2) is 0 Å². The maximum Gasteiger partial charge on any atom is 0.245 e. The van der Waals surface area contributed by atoms with Crippen LogP contribution in [-0.4, -0.2) is 42.0 Å². The first-order chi connectivity index (χ1) is 11.8. The molecular weight excluding hydrogens is 312 g/mol. The Hall–Kier alpha value is -2.35. The Morgan fingerprint density at radius 2 is 2.12 bits per heavy atom. The minimum Gasteiger partial charge on any atom is -0.355 e. The zero-order valence-electron chi connectivity index (χ0n) is 15.0. The molecule has 25 heavy (non-hydrogen) atoms. The van der Waals surface area contributed by atoms with Crippen molar-refractivity contribution >= 4 is 11.7 Å². The summed E-state index contributed by atoms with van der Waals surface area (Å²) in [6.07, 6.45) is 4.40. The van der Waals surface area contributed by atoms with Crippen molar-refractivity contribution in [2.24, 2.45) is 10.8 Å². The number of hydrogen-bond acceptors (Lipinski definition) is 4. The maximum absolute atomic E-state index is 11.7. The van der Waals surface area contributed by atoms with E-state index in [1.807, 2.05) is 11.0 Å². The molecule has 0 unspecified atom stereocenters. The molecule has 0 saturated carbocycles. The predicted molar refractivity (Wildman–Crippen MR) is 96.2 cm³/mol. The van der Waals surface area contributed by atoms with Gasteiger partial charge in [0.1, 0.15) is 11.9 Å². The molecule has 0 atom stereocenters. The number of likely N-dealkylation sites (tertiary alicyclic amines) is 1. The van der Waals surface area contributed by atoms with Gasteiger partial charge in [0.25, 0.3) is 0 Å². The van der Waals surface area contributed by atoms with Crippen molar-refractivity contribution < 1.29 is 4.79 Å². The van der Waals surface area contributed by atoms with E-state index in [0.29, 0.717) is 5.56 Å². The molecule has 0 N–H and O–H groups in total. The fourth-order valence-corrected chi connectivity index (χ4v) is 4.67. The van der Waals surface area contributed by atoms with E-state index in [-0.39, 0.29) is 16.7 Å². The fourth-order valence-electron chi connectivity index (χ4n) is 4.67. The summed E-state index contributed by atoms with van der Waals surface area (Å²) in [5.41, 5.74) is 3.45. The molecule has 0 bridgehead atoms. The number of anilines is 1. The average Bonchev–Trinajstić information content (AvgIpc) is 3.10. The number of nitriles is 1. The van der Waals surface area contributed by atoms with Gasteiger partial charge in [-0.2, -0.15) is 5.26 Å². The van der Waals surface area contributed by atoms with Crippen LogP contribution < -0.4 is 4.90 Å². The van der Waals surface area contributed by atoms with Gasteiger partial charge in [0.05, 0.1) is 5.56 Å². The van der Waals surface area contributed by atoms with E-state index in [9.17, 15) is 10.1 Å². The smallest absolute Gasteiger partial charge is 0.245 e. The minimum absolute atomic E-state index is 0.0136. The summed E-state index contributed by atoms with van der Waals surface area (Å²) >= 11 is 0. The Labute approximate surface area is 148 Å². The molecule has 2 saturated heterocycles. The Morgan fingerprint density at radius 1 is 1.36 bits per heavy atom. The second-order valence-electron chi connectivity index (χ2n) is 8.66. The van der Waals surface area contributed by atoms with Crippen LogP contribution >= 0.6 is 0 Å². The van der Waals surface area contributed by atoms with Crippen molar-refractivity contribution in [1.82, 2.24) is 9.88 Å². The molecule has 1 spiro atoms. The third kappa shape index (κ3) is 2.60. The third-order valence-electron chi connectivity index (χ3n) is 5.88. The standard InChI is InChI=1S/C20H24N4O/c1-4-17(25)24-12-20(13-24)5-6-23(11-20)18-15(10-21)7-14-8-19(2,3)9-16(14)22-18/h4,7H,1,5-6,8-9,11-13H2,2-3H3. The quantitative estimate of drug-likeness (QED) is 0.778. The molecule has 2 aliphatic heterocycles. The first-order valence-electron chi connectivity index (χ1n) is 8.94. The lowest BCUT2D eigenvalue weighted by molar-refractivity contribution is -0.136. The summed E-state index contributed by atoms with van der Waals surface area (Å²) in [4.78, 5) is 20.7. The van der Waals surface area contributed by atoms with Crippen LogP contribution in [0.4, 0.5) is 5.82 Å². The number of aromatic nitrogens is 1. The maximum atomic E-state index is 11.7. The summed E-state index contributed by atoms with van der Waals surface area (Å²) in [5, 5.41) is 9.61. The molecule has 3 heterocycles. The molecule has 5 nitrogen and oxygen atoms in total. The number of nitrogens with zero attached hydrogens (tertiary/aromatic N) is 4. The Morgan fingerprint density at radius 3 is 2.80 bits per heavy atom. The van der Waals surface area contributed by atoms with Crippen molar-refractivity contribution in [2.45, 2.75) is 33.1 Å². The van der Waals surface area contributed by atoms with Crippen LogP contribution in [0.3, 0.4) is 0 Å². The number of carbonyl (C=O) groups excluding carboxylic acids is 1. The molecule has 1 aliphatic carbocycles. The first-order valence-corrected chi connectivity index (χ1v) is 8.94. The van der Waals surface area contributed by atoms with Crippen LogP contribution in [0.5, 0.6) is 0 Å². The summed E-state index contributed by atoms with van der Waals surface area (Å²) in [6, 6.07) is 4.39. The van der Waals surface area contributed by atoms with E-state index in [1.165, 1.54) is 11.6 Å². The summed E-state index contributed by atoms with van der Waals surface area (Å²) in [7, 11) is 0. The zero-order valence-corrected chi connectivity index (χ0v) is 15.0. The number of carbonyl (C=O) groups is 1. The van der Waals surface area contributed by atoms with Crippen molar-refractivity contribution in [3.8, 4) is 6.07 Å². The molecule has 4 rings (SSSR count). The molecule has 1 aromatic heterocycles. The molecule has 0 radical (unpaired) electrons. The van der Waals surface area contributed by atoms with Gasteiger partial charge in [-0.05, 0) is 42.4 Å². The largest absolute Gasteiger partial charge is 0.355 e. The third-order valence-corrected chi connectivity index (χ3v) is 5.88.